The van der Waals surface area contributed by atoms with Crippen molar-refractivity contribution in [3.8, 4) is 0 Å². The van der Waals surface area contributed by atoms with Crippen molar-refractivity contribution in [1.82, 2.24) is 24.7 Å². The molecule has 0 fully saturated rings. The van der Waals surface area contributed by atoms with E-state index in [9.17, 15) is 0 Å². The molecule has 0 aromatic carbocycles. The molecule has 3 heterocycles. The maximum atomic E-state index is 4.47. The molecule has 0 unspecified atom stereocenters. The first-order valence-corrected chi connectivity index (χ1v) is 6.28. The van der Waals surface area contributed by atoms with E-state index >= 15 is 0 Å². The number of anilines is 1. The van der Waals surface area contributed by atoms with Gasteiger partial charge in [0.15, 0.2) is 5.65 Å². The molecule has 3 aromatic heterocycles. The van der Waals surface area contributed by atoms with E-state index in [-0.39, 0.29) is 0 Å². The molecular weight excluding hydrogens is 240 g/mol. The van der Waals surface area contributed by atoms with Gasteiger partial charge in [-0.1, -0.05) is 0 Å². The van der Waals surface area contributed by atoms with Crippen molar-refractivity contribution in [3.05, 3.63) is 36.7 Å². The highest BCUT2D eigenvalue weighted by atomic mass is 15.3. The molecule has 0 saturated heterocycles. The second-order valence-electron chi connectivity index (χ2n) is 4.75. The van der Waals surface area contributed by atoms with Crippen molar-refractivity contribution < 1.29 is 0 Å². The summed E-state index contributed by atoms with van der Waals surface area (Å²) >= 11 is 0. The monoisotopic (exact) mass is 256 g/mol. The van der Waals surface area contributed by atoms with E-state index in [0.717, 1.165) is 22.4 Å². The van der Waals surface area contributed by atoms with E-state index < -0.39 is 0 Å². The zero-order valence-electron chi connectivity index (χ0n) is 11.0. The number of hydrogen-bond donors (Lipinski definition) is 2. The fourth-order valence-electron chi connectivity index (χ4n) is 1.99. The second kappa shape index (κ2) is 4.72. The fraction of sp³-hybridized carbons (Fsp3) is 0.308. The van der Waals surface area contributed by atoms with Gasteiger partial charge in [-0.3, -0.25) is 0 Å². The van der Waals surface area contributed by atoms with Crippen LogP contribution in [0.15, 0.2) is 31.0 Å². The van der Waals surface area contributed by atoms with Crippen molar-refractivity contribution in [2.24, 2.45) is 0 Å². The number of imidazole rings is 1. The predicted molar refractivity (Wildman–Crippen MR) is 73.8 cm³/mol. The summed E-state index contributed by atoms with van der Waals surface area (Å²) in [4.78, 5) is 11.5. The van der Waals surface area contributed by atoms with E-state index in [1.165, 1.54) is 0 Å². The molecule has 0 aliphatic carbocycles. The molecule has 0 aliphatic heterocycles. The van der Waals surface area contributed by atoms with Crippen LogP contribution in [0.2, 0.25) is 0 Å². The Morgan fingerprint density at radius 2 is 2.21 bits per heavy atom. The van der Waals surface area contributed by atoms with Crippen LogP contribution >= 0.6 is 0 Å². The van der Waals surface area contributed by atoms with Gasteiger partial charge in [0.05, 0.1) is 36.6 Å². The average Bonchev–Trinajstić information content (AvgIpc) is 3.05. The minimum Gasteiger partial charge on any atom is -0.378 e. The van der Waals surface area contributed by atoms with Gasteiger partial charge in [-0.25, -0.2) is 14.6 Å². The number of H-pyrrole nitrogens is 1. The van der Waals surface area contributed by atoms with Gasteiger partial charge in [-0.2, -0.15) is 5.10 Å². The molecule has 2 N–H and O–H groups in total. The number of rotatable bonds is 4. The highest BCUT2D eigenvalue weighted by molar-refractivity contribution is 5.78. The molecule has 0 atom stereocenters. The van der Waals surface area contributed by atoms with Crippen molar-refractivity contribution >= 4 is 16.7 Å². The predicted octanol–water partition coefficient (Wildman–Crippen LogP) is 2.35. The lowest BCUT2D eigenvalue weighted by atomic mass is 10.3. The Kier molecular flexibility index (Phi) is 2.91. The smallest absolute Gasteiger partial charge is 0.158 e. The number of nitrogens with one attached hydrogen (secondary N) is 2. The standard InChI is InChI=1S/C13H16N6/c1-9(2)19-13-10(4-18-19)3-11(6-16-13)15-7-12-5-14-8-17-12/h3-6,8-9,15H,7H2,1-2H3,(H,14,17). The first kappa shape index (κ1) is 11.7. The quantitative estimate of drug-likeness (QED) is 0.751. The third-order valence-electron chi connectivity index (χ3n) is 2.96. The number of hydrogen-bond acceptors (Lipinski definition) is 4. The molecular formula is C13H16N6. The Morgan fingerprint density at radius 1 is 1.32 bits per heavy atom. The van der Waals surface area contributed by atoms with Crippen LogP contribution in [0.25, 0.3) is 11.0 Å². The van der Waals surface area contributed by atoms with Gasteiger partial charge in [0.25, 0.3) is 0 Å². The van der Waals surface area contributed by atoms with Crippen molar-refractivity contribution in [2.75, 3.05) is 5.32 Å². The molecule has 19 heavy (non-hydrogen) atoms. The van der Waals surface area contributed by atoms with Crippen LogP contribution in [0.3, 0.4) is 0 Å². The molecule has 0 bridgehead atoms. The van der Waals surface area contributed by atoms with Gasteiger partial charge in [-0.05, 0) is 19.9 Å². The summed E-state index contributed by atoms with van der Waals surface area (Å²) in [6.45, 7) is 4.89. The van der Waals surface area contributed by atoms with Crippen LogP contribution in [0, 0.1) is 0 Å². The maximum absolute atomic E-state index is 4.47. The van der Waals surface area contributed by atoms with E-state index in [0.29, 0.717) is 12.6 Å². The Bertz CT molecular complexity index is 668. The summed E-state index contributed by atoms with van der Waals surface area (Å²) in [5, 5.41) is 8.71. The molecule has 0 saturated carbocycles. The Hall–Kier alpha value is -2.37. The summed E-state index contributed by atoms with van der Waals surface area (Å²) < 4.78 is 1.92. The van der Waals surface area contributed by atoms with Crippen LogP contribution in [-0.4, -0.2) is 24.7 Å². The van der Waals surface area contributed by atoms with E-state index in [4.69, 9.17) is 0 Å². The molecule has 0 amide bonds. The summed E-state index contributed by atoms with van der Waals surface area (Å²) in [6, 6.07) is 2.37. The first-order chi connectivity index (χ1) is 9.24. The zero-order valence-corrected chi connectivity index (χ0v) is 11.0. The van der Waals surface area contributed by atoms with E-state index in [1.807, 2.05) is 17.1 Å². The summed E-state index contributed by atoms with van der Waals surface area (Å²) in [7, 11) is 0. The van der Waals surface area contributed by atoms with Crippen LogP contribution in [0.5, 0.6) is 0 Å². The van der Waals surface area contributed by atoms with Crippen LogP contribution in [-0.2, 0) is 6.54 Å². The van der Waals surface area contributed by atoms with Crippen molar-refractivity contribution in [3.63, 3.8) is 0 Å². The molecule has 3 rings (SSSR count). The number of fused-ring (bicyclic) bond motifs is 1. The number of aromatic nitrogens is 5. The van der Waals surface area contributed by atoms with Gasteiger partial charge in [0.2, 0.25) is 0 Å². The van der Waals surface area contributed by atoms with Crippen molar-refractivity contribution in [1.29, 1.82) is 0 Å². The van der Waals surface area contributed by atoms with Crippen LogP contribution in [0.1, 0.15) is 25.6 Å². The highest BCUT2D eigenvalue weighted by Crippen LogP contribution is 2.19. The lowest BCUT2D eigenvalue weighted by molar-refractivity contribution is 0.546. The fourth-order valence-corrected chi connectivity index (χ4v) is 1.99. The normalized spacial score (nSPS) is 11.3. The minimum atomic E-state index is 0.314. The topological polar surface area (TPSA) is 71.4 Å². The molecule has 6 heteroatoms. The Morgan fingerprint density at radius 3 is 2.95 bits per heavy atom. The van der Waals surface area contributed by atoms with Gasteiger partial charge < -0.3 is 10.3 Å². The maximum Gasteiger partial charge on any atom is 0.158 e. The zero-order chi connectivity index (χ0) is 13.2. The Labute approximate surface area is 110 Å². The average molecular weight is 256 g/mol. The lowest BCUT2D eigenvalue weighted by Gasteiger charge is -2.07. The van der Waals surface area contributed by atoms with Gasteiger partial charge in [-0.15, -0.1) is 0 Å². The first-order valence-electron chi connectivity index (χ1n) is 6.28. The molecule has 0 spiro atoms. The molecule has 3 aromatic rings. The number of nitrogens with zero attached hydrogens (tertiary/aromatic N) is 4. The van der Waals surface area contributed by atoms with E-state index in [1.54, 1.807) is 12.5 Å². The largest absolute Gasteiger partial charge is 0.378 e. The van der Waals surface area contributed by atoms with Gasteiger partial charge in [0.1, 0.15) is 0 Å². The summed E-state index contributed by atoms with van der Waals surface area (Å²) in [5.41, 5.74) is 2.94. The lowest BCUT2D eigenvalue weighted by Crippen LogP contribution is -2.04. The third-order valence-corrected chi connectivity index (χ3v) is 2.96. The van der Waals surface area contributed by atoms with Crippen LogP contribution in [0.4, 0.5) is 5.69 Å². The van der Waals surface area contributed by atoms with Gasteiger partial charge >= 0.3 is 0 Å². The van der Waals surface area contributed by atoms with Gasteiger partial charge in [0, 0.05) is 17.6 Å². The second-order valence-corrected chi connectivity index (χ2v) is 4.75. The number of aromatic amines is 1. The SMILES string of the molecule is CC(C)n1ncc2cc(NCc3cnc[nH]3)cnc21. The van der Waals surface area contributed by atoms with Crippen LogP contribution < -0.4 is 5.32 Å². The minimum absolute atomic E-state index is 0.314. The molecule has 0 aliphatic rings. The van der Waals surface area contributed by atoms with Crippen molar-refractivity contribution in [2.45, 2.75) is 26.4 Å². The molecule has 98 valence electrons. The highest BCUT2D eigenvalue weighted by Gasteiger charge is 2.07. The molecule has 0 radical (unpaired) electrons. The summed E-state index contributed by atoms with van der Waals surface area (Å²) in [6.07, 6.45) is 7.16. The van der Waals surface area contributed by atoms with E-state index in [2.05, 4.69) is 45.3 Å². The molecule has 6 nitrogen and oxygen atoms in total. The third kappa shape index (κ3) is 2.29. The Balaban J connectivity index is 1.82. The summed E-state index contributed by atoms with van der Waals surface area (Å²) in [5.74, 6) is 0. The number of pyridine rings is 1.